The first-order valence-electron chi connectivity index (χ1n) is 9.52. The molecule has 2 aliphatic carbocycles. The van der Waals surface area contributed by atoms with Gasteiger partial charge in [-0.1, -0.05) is 54.1 Å². The van der Waals surface area contributed by atoms with E-state index in [1.807, 2.05) is 12.1 Å². The van der Waals surface area contributed by atoms with Crippen LogP contribution in [0.4, 0.5) is 4.79 Å². The number of hydrogen-bond acceptors (Lipinski definition) is 1. The van der Waals surface area contributed by atoms with Crippen LogP contribution in [0.15, 0.2) is 54.6 Å². The fourth-order valence-electron chi connectivity index (χ4n) is 4.12. The number of rotatable bonds is 5. The molecule has 0 atom stereocenters. The molecular formula is C22H25ClN2O. The van der Waals surface area contributed by atoms with E-state index >= 15 is 0 Å². The second-order valence-corrected chi connectivity index (χ2v) is 8.20. The molecule has 2 N–H and O–H groups in total. The van der Waals surface area contributed by atoms with E-state index in [-0.39, 0.29) is 12.1 Å². The van der Waals surface area contributed by atoms with Crippen LogP contribution in [-0.4, -0.2) is 18.1 Å². The monoisotopic (exact) mass is 368 g/mol. The van der Waals surface area contributed by atoms with Crippen LogP contribution in [0.3, 0.4) is 0 Å². The maximum Gasteiger partial charge on any atom is 0.315 e. The maximum absolute atomic E-state index is 12.2. The summed E-state index contributed by atoms with van der Waals surface area (Å²) in [6, 6.07) is 19.3. The quantitative estimate of drug-likeness (QED) is 0.773. The first-order chi connectivity index (χ1) is 12.7. The maximum atomic E-state index is 12.2. The molecule has 2 saturated carbocycles. The summed E-state index contributed by atoms with van der Waals surface area (Å²) in [6.45, 7) is 0. The summed E-state index contributed by atoms with van der Waals surface area (Å²) in [7, 11) is 0. The van der Waals surface area contributed by atoms with Crippen molar-refractivity contribution in [3.63, 3.8) is 0 Å². The van der Waals surface area contributed by atoms with Gasteiger partial charge in [0.2, 0.25) is 0 Å². The van der Waals surface area contributed by atoms with Crippen LogP contribution >= 0.6 is 11.6 Å². The van der Waals surface area contributed by atoms with E-state index in [0.717, 1.165) is 37.1 Å². The Morgan fingerprint density at radius 3 is 2.15 bits per heavy atom. The summed E-state index contributed by atoms with van der Waals surface area (Å²) in [6.07, 6.45) is 5.31. The van der Waals surface area contributed by atoms with Crippen molar-refractivity contribution in [1.82, 2.24) is 10.6 Å². The van der Waals surface area contributed by atoms with Gasteiger partial charge in [-0.15, -0.1) is 0 Å². The van der Waals surface area contributed by atoms with Crippen molar-refractivity contribution in [2.75, 3.05) is 0 Å². The molecule has 0 spiro atoms. The molecule has 2 amide bonds. The Morgan fingerprint density at radius 2 is 1.50 bits per heavy atom. The highest BCUT2D eigenvalue weighted by Crippen LogP contribution is 2.37. The molecule has 0 heterocycles. The zero-order valence-electron chi connectivity index (χ0n) is 14.8. The molecule has 2 aromatic carbocycles. The van der Waals surface area contributed by atoms with Crippen molar-refractivity contribution in [2.45, 2.75) is 50.1 Å². The Bertz CT molecular complexity index is 734. The summed E-state index contributed by atoms with van der Waals surface area (Å²) >= 11 is 5.93. The molecule has 136 valence electrons. The van der Waals surface area contributed by atoms with Crippen LogP contribution in [0.5, 0.6) is 0 Å². The standard InChI is InChI=1S/C22H25ClN2O/c23-19-8-6-17(7-9-19)18-13-21(14-18)25-22(26)24-20-11-16(12-20)10-15-4-2-1-3-5-15/h1-9,16,18,20-21H,10-14H2,(H2,24,25,26). The van der Waals surface area contributed by atoms with Crippen molar-refractivity contribution in [3.8, 4) is 0 Å². The van der Waals surface area contributed by atoms with Crippen LogP contribution in [0.25, 0.3) is 0 Å². The van der Waals surface area contributed by atoms with Gasteiger partial charge in [-0.2, -0.15) is 0 Å². The average molecular weight is 369 g/mol. The molecule has 0 radical (unpaired) electrons. The number of carbonyl (C=O) groups is 1. The minimum absolute atomic E-state index is 0.00674. The second-order valence-electron chi connectivity index (χ2n) is 7.76. The molecule has 2 fully saturated rings. The number of amides is 2. The normalized spacial score (nSPS) is 27.1. The van der Waals surface area contributed by atoms with E-state index in [1.165, 1.54) is 11.1 Å². The Morgan fingerprint density at radius 1 is 0.885 bits per heavy atom. The molecule has 2 aromatic rings. The Labute approximate surface area is 160 Å². The second kappa shape index (κ2) is 7.71. The molecule has 0 aliphatic heterocycles. The minimum Gasteiger partial charge on any atom is -0.335 e. The highest BCUT2D eigenvalue weighted by Gasteiger charge is 2.34. The number of benzene rings is 2. The molecule has 4 heteroatoms. The lowest BCUT2D eigenvalue weighted by Gasteiger charge is -2.39. The predicted octanol–water partition coefficient (Wildman–Crippen LogP) is 4.91. The molecule has 0 bridgehead atoms. The number of halogens is 1. The molecule has 0 saturated heterocycles. The summed E-state index contributed by atoms with van der Waals surface area (Å²) in [5, 5.41) is 7.01. The highest BCUT2D eigenvalue weighted by atomic mass is 35.5. The van der Waals surface area contributed by atoms with Gasteiger partial charge in [-0.05, 0) is 67.2 Å². The first kappa shape index (κ1) is 17.4. The van der Waals surface area contributed by atoms with Crippen molar-refractivity contribution >= 4 is 17.6 Å². The Balaban J connectivity index is 1.13. The van der Waals surface area contributed by atoms with Crippen molar-refractivity contribution in [3.05, 3.63) is 70.7 Å². The van der Waals surface area contributed by atoms with Crippen molar-refractivity contribution in [2.24, 2.45) is 5.92 Å². The number of carbonyl (C=O) groups excluding carboxylic acids is 1. The van der Waals surface area contributed by atoms with Crippen LogP contribution in [0.2, 0.25) is 5.02 Å². The van der Waals surface area contributed by atoms with Gasteiger partial charge < -0.3 is 10.6 Å². The first-order valence-corrected chi connectivity index (χ1v) is 9.90. The van der Waals surface area contributed by atoms with Gasteiger partial charge in [0.1, 0.15) is 0 Å². The SMILES string of the molecule is O=C(NC1CC(Cc2ccccc2)C1)NC1CC(c2ccc(Cl)cc2)C1. The van der Waals surface area contributed by atoms with Gasteiger partial charge in [-0.3, -0.25) is 0 Å². The van der Waals surface area contributed by atoms with Crippen LogP contribution in [-0.2, 0) is 6.42 Å². The largest absolute Gasteiger partial charge is 0.335 e. The zero-order chi connectivity index (χ0) is 17.9. The van der Waals surface area contributed by atoms with Gasteiger partial charge in [0.05, 0.1) is 0 Å². The lowest BCUT2D eigenvalue weighted by Crippen LogP contribution is -2.53. The van der Waals surface area contributed by atoms with E-state index in [9.17, 15) is 4.79 Å². The van der Waals surface area contributed by atoms with Gasteiger partial charge in [0.15, 0.2) is 0 Å². The van der Waals surface area contributed by atoms with Crippen LogP contribution in [0.1, 0.15) is 42.7 Å². The third-order valence-corrected chi connectivity index (χ3v) is 6.00. The van der Waals surface area contributed by atoms with Gasteiger partial charge >= 0.3 is 6.03 Å². The lowest BCUT2D eigenvalue weighted by molar-refractivity contribution is 0.191. The van der Waals surface area contributed by atoms with E-state index in [4.69, 9.17) is 11.6 Å². The van der Waals surface area contributed by atoms with Gasteiger partial charge in [-0.25, -0.2) is 4.79 Å². The number of nitrogens with one attached hydrogen (secondary N) is 2. The van der Waals surface area contributed by atoms with Gasteiger partial charge in [0.25, 0.3) is 0 Å². The third kappa shape index (κ3) is 4.21. The third-order valence-electron chi connectivity index (χ3n) is 5.75. The Kier molecular flexibility index (Phi) is 5.16. The smallest absolute Gasteiger partial charge is 0.315 e. The summed E-state index contributed by atoms with van der Waals surface area (Å²) < 4.78 is 0. The number of hydrogen-bond donors (Lipinski definition) is 2. The fourth-order valence-corrected chi connectivity index (χ4v) is 4.25. The van der Waals surface area contributed by atoms with Crippen LogP contribution < -0.4 is 10.6 Å². The minimum atomic E-state index is -0.00674. The zero-order valence-corrected chi connectivity index (χ0v) is 15.6. The molecule has 0 unspecified atom stereocenters. The molecule has 2 aliphatic rings. The topological polar surface area (TPSA) is 41.1 Å². The summed E-state index contributed by atoms with van der Waals surface area (Å²) in [4.78, 5) is 12.2. The van der Waals surface area contributed by atoms with Crippen molar-refractivity contribution in [1.29, 1.82) is 0 Å². The van der Waals surface area contributed by atoms with E-state index in [1.54, 1.807) is 0 Å². The highest BCUT2D eigenvalue weighted by molar-refractivity contribution is 6.30. The van der Waals surface area contributed by atoms with Gasteiger partial charge in [0, 0.05) is 17.1 Å². The van der Waals surface area contributed by atoms with E-state index in [2.05, 4.69) is 53.1 Å². The molecule has 3 nitrogen and oxygen atoms in total. The summed E-state index contributed by atoms with van der Waals surface area (Å²) in [5.41, 5.74) is 2.71. The summed E-state index contributed by atoms with van der Waals surface area (Å²) in [5.74, 6) is 1.23. The van der Waals surface area contributed by atoms with E-state index < -0.39 is 0 Å². The Hall–Kier alpha value is -2.00. The van der Waals surface area contributed by atoms with E-state index in [0.29, 0.717) is 17.9 Å². The average Bonchev–Trinajstić information content (AvgIpc) is 2.58. The van der Waals surface area contributed by atoms with Crippen LogP contribution in [0, 0.1) is 5.92 Å². The predicted molar refractivity (Wildman–Crippen MR) is 106 cm³/mol. The molecule has 0 aromatic heterocycles. The molecule has 4 rings (SSSR count). The molecular weight excluding hydrogens is 344 g/mol. The fraction of sp³-hybridized carbons (Fsp3) is 0.409. The molecule has 26 heavy (non-hydrogen) atoms. The number of urea groups is 1. The lowest BCUT2D eigenvalue weighted by atomic mass is 9.75. The van der Waals surface area contributed by atoms with Crippen molar-refractivity contribution < 1.29 is 4.79 Å².